The normalized spacial score (nSPS) is 17.1. The molecule has 0 radical (unpaired) electrons. The number of benzene rings is 1. The van der Waals surface area contributed by atoms with E-state index in [0.29, 0.717) is 30.2 Å². The number of amides is 3. The molecule has 168 valence electrons. The van der Waals surface area contributed by atoms with Gasteiger partial charge < -0.3 is 25.0 Å². The number of aromatic nitrogens is 1. The standard InChI is InChI=1S/C23H26N4O5/c1-31-11-12-32-22-15(5-4-10-24-22)13-25-19(28)14-26-21(29)20-17-6-2-3-7-18(17)23(30)27(20)16-8-9-16/h2-7,10,16,20H,8-9,11-14H2,1H3,(H,25,28)(H,26,29). The van der Waals surface area contributed by atoms with Crippen molar-refractivity contribution in [3.63, 3.8) is 0 Å². The van der Waals surface area contributed by atoms with E-state index >= 15 is 0 Å². The fourth-order valence-corrected chi connectivity index (χ4v) is 3.76. The van der Waals surface area contributed by atoms with Crippen LogP contribution in [0.25, 0.3) is 0 Å². The quantitative estimate of drug-likeness (QED) is 0.540. The van der Waals surface area contributed by atoms with Gasteiger partial charge in [-0.15, -0.1) is 0 Å². The highest BCUT2D eigenvalue weighted by Crippen LogP contribution is 2.41. The predicted molar refractivity (Wildman–Crippen MR) is 115 cm³/mol. The molecular formula is C23H26N4O5. The summed E-state index contributed by atoms with van der Waals surface area (Å²) in [6, 6.07) is 10.1. The molecule has 0 saturated heterocycles. The number of hydrogen-bond acceptors (Lipinski definition) is 6. The van der Waals surface area contributed by atoms with Gasteiger partial charge in [0.25, 0.3) is 5.91 Å². The minimum absolute atomic E-state index is 0.0848. The molecule has 1 atom stereocenters. The molecule has 0 bridgehead atoms. The number of carbonyl (C=O) groups is 3. The van der Waals surface area contributed by atoms with E-state index < -0.39 is 6.04 Å². The van der Waals surface area contributed by atoms with E-state index in [0.717, 1.165) is 18.4 Å². The van der Waals surface area contributed by atoms with Gasteiger partial charge in [-0.1, -0.05) is 24.3 Å². The Labute approximate surface area is 186 Å². The Morgan fingerprint density at radius 2 is 1.94 bits per heavy atom. The number of carbonyl (C=O) groups excluding carboxylic acids is 3. The number of rotatable bonds is 10. The predicted octanol–water partition coefficient (Wildman–Crippen LogP) is 1.20. The molecule has 1 aliphatic heterocycles. The number of methoxy groups -OCH3 is 1. The lowest BCUT2D eigenvalue weighted by Crippen LogP contribution is -2.43. The first-order valence-electron chi connectivity index (χ1n) is 10.6. The molecule has 1 fully saturated rings. The molecule has 0 spiro atoms. The van der Waals surface area contributed by atoms with Crippen LogP contribution in [0.15, 0.2) is 42.6 Å². The third-order valence-corrected chi connectivity index (χ3v) is 5.46. The second-order valence-corrected chi connectivity index (χ2v) is 7.74. The fraction of sp³-hybridized carbons (Fsp3) is 0.391. The summed E-state index contributed by atoms with van der Waals surface area (Å²) in [5.41, 5.74) is 1.97. The van der Waals surface area contributed by atoms with Gasteiger partial charge in [0.1, 0.15) is 12.6 Å². The van der Waals surface area contributed by atoms with Crippen molar-refractivity contribution >= 4 is 17.7 Å². The molecule has 2 heterocycles. The summed E-state index contributed by atoms with van der Waals surface area (Å²) in [7, 11) is 1.58. The van der Waals surface area contributed by atoms with Crippen LogP contribution in [0.3, 0.4) is 0 Å². The Bertz CT molecular complexity index is 1010. The third kappa shape index (κ3) is 4.72. The Hall–Kier alpha value is -3.46. The zero-order valence-electron chi connectivity index (χ0n) is 17.9. The molecule has 9 heteroatoms. The summed E-state index contributed by atoms with van der Waals surface area (Å²) in [5.74, 6) is -0.392. The average molecular weight is 438 g/mol. The first-order chi connectivity index (χ1) is 15.6. The Morgan fingerprint density at radius 1 is 1.12 bits per heavy atom. The van der Waals surface area contributed by atoms with E-state index in [4.69, 9.17) is 9.47 Å². The van der Waals surface area contributed by atoms with Crippen molar-refractivity contribution < 1.29 is 23.9 Å². The van der Waals surface area contributed by atoms with Crippen LogP contribution in [0.2, 0.25) is 0 Å². The monoisotopic (exact) mass is 438 g/mol. The van der Waals surface area contributed by atoms with E-state index in [-0.39, 0.29) is 36.9 Å². The van der Waals surface area contributed by atoms with Gasteiger partial charge in [0, 0.05) is 37.0 Å². The molecule has 2 aliphatic rings. The van der Waals surface area contributed by atoms with E-state index in [2.05, 4.69) is 15.6 Å². The van der Waals surface area contributed by atoms with E-state index in [1.165, 1.54) is 0 Å². The molecule has 1 unspecified atom stereocenters. The van der Waals surface area contributed by atoms with Crippen molar-refractivity contribution in [1.29, 1.82) is 0 Å². The second-order valence-electron chi connectivity index (χ2n) is 7.74. The van der Waals surface area contributed by atoms with Crippen LogP contribution in [0.1, 0.15) is 40.4 Å². The van der Waals surface area contributed by atoms with Crippen LogP contribution in [-0.4, -0.2) is 60.5 Å². The molecule has 4 rings (SSSR count). The highest BCUT2D eigenvalue weighted by molar-refractivity contribution is 6.05. The van der Waals surface area contributed by atoms with Crippen molar-refractivity contribution in [1.82, 2.24) is 20.5 Å². The van der Waals surface area contributed by atoms with Crippen molar-refractivity contribution in [3.8, 4) is 5.88 Å². The molecule has 32 heavy (non-hydrogen) atoms. The summed E-state index contributed by atoms with van der Waals surface area (Å²) in [6.45, 7) is 0.802. The lowest BCUT2D eigenvalue weighted by Gasteiger charge is -2.24. The Kier molecular flexibility index (Phi) is 6.65. The summed E-state index contributed by atoms with van der Waals surface area (Å²) in [5, 5.41) is 5.45. The summed E-state index contributed by atoms with van der Waals surface area (Å²) < 4.78 is 10.5. The van der Waals surface area contributed by atoms with Gasteiger partial charge in [-0.05, 0) is 30.5 Å². The Balaban J connectivity index is 1.33. The average Bonchev–Trinajstić information content (AvgIpc) is 3.61. The maximum absolute atomic E-state index is 12.9. The SMILES string of the molecule is COCCOc1ncccc1CNC(=O)CNC(=O)C1c2ccccc2C(=O)N1C1CC1. The number of nitrogens with zero attached hydrogens (tertiary/aromatic N) is 2. The van der Waals surface area contributed by atoms with Crippen molar-refractivity contribution in [2.45, 2.75) is 31.5 Å². The van der Waals surface area contributed by atoms with Crippen LogP contribution in [0, 0.1) is 0 Å². The molecule has 2 aromatic rings. The van der Waals surface area contributed by atoms with E-state index in [1.54, 1.807) is 42.5 Å². The fourth-order valence-electron chi connectivity index (χ4n) is 3.76. The maximum Gasteiger partial charge on any atom is 0.255 e. The number of nitrogens with one attached hydrogen (secondary N) is 2. The minimum Gasteiger partial charge on any atom is -0.475 e. The highest BCUT2D eigenvalue weighted by atomic mass is 16.5. The van der Waals surface area contributed by atoms with Gasteiger partial charge in [0.15, 0.2) is 0 Å². The first-order valence-corrected chi connectivity index (χ1v) is 10.6. The lowest BCUT2D eigenvalue weighted by atomic mass is 10.0. The molecular weight excluding hydrogens is 412 g/mol. The molecule has 1 aromatic carbocycles. The van der Waals surface area contributed by atoms with Gasteiger partial charge in [0.05, 0.1) is 13.2 Å². The number of hydrogen-bond donors (Lipinski definition) is 2. The van der Waals surface area contributed by atoms with Gasteiger partial charge in [-0.2, -0.15) is 0 Å². The minimum atomic E-state index is -0.696. The van der Waals surface area contributed by atoms with Gasteiger partial charge in [-0.3, -0.25) is 14.4 Å². The van der Waals surface area contributed by atoms with Gasteiger partial charge >= 0.3 is 0 Å². The second kappa shape index (κ2) is 9.78. The molecule has 1 saturated carbocycles. The summed E-state index contributed by atoms with van der Waals surface area (Å²) in [4.78, 5) is 43.9. The summed E-state index contributed by atoms with van der Waals surface area (Å²) >= 11 is 0. The molecule has 2 N–H and O–H groups in total. The van der Waals surface area contributed by atoms with Crippen molar-refractivity contribution in [2.24, 2.45) is 0 Å². The number of fused-ring (bicyclic) bond motifs is 1. The molecule has 1 aromatic heterocycles. The van der Waals surface area contributed by atoms with Crippen molar-refractivity contribution in [2.75, 3.05) is 26.9 Å². The third-order valence-electron chi connectivity index (χ3n) is 5.46. The Morgan fingerprint density at radius 3 is 2.72 bits per heavy atom. The molecule has 9 nitrogen and oxygen atoms in total. The van der Waals surface area contributed by atoms with Crippen LogP contribution in [0.4, 0.5) is 0 Å². The van der Waals surface area contributed by atoms with Crippen LogP contribution in [0.5, 0.6) is 5.88 Å². The topological polar surface area (TPSA) is 110 Å². The summed E-state index contributed by atoms with van der Waals surface area (Å²) in [6.07, 6.45) is 3.40. The van der Waals surface area contributed by atoms with E-state index in [9.17, 15) is 14.4 Å². The molecule has 3 amide bonds. The zero-order chi connectivity index (χ0) is 22.5. The zero-order valence-corrected chi connectivity index (χ0v) is 17.9. The van der Waals surface area contributed by atoms with Crippen LogP contribution >= 0.6 is 0 Å². The highest BCUT2D eigenvalue weighted by Gasteiger charge is 2.47. The lowest BCUT2D eigenvalue weighted by molar-refractivity contribution is -0.129. The van der Waals surface area contributed by atoms with Crippen molar-refractivity contribution in [3.05, 3.63) is 59.3 Å². The van der Waals surface area contributed by atoms with Gasteiger partial charge in [0.2, 0.25) is 17.7 Å². The number of ether oxygens (including phenoxy) is 2. The number of pyridine rings is 1. The van der Waals surface area contributed by atoms with Crippen LogP contribution in [-0.2, 0) is 20.9 Å². The van der Waals surface area contributed by atoms with Crippen LogP contribution < -0.4 is 15.4 Å². The smallest absolute Gasteiger partial charge is 0.255 e. The van der Waals surface area contributed by atoms with Gasteiger partial charge in [-0.25, -0.2) is 4.98 Å². The van der Waals surface area contributed by atoms with E-state index in [1.807, 2.05) is 12.1 Å². The maximum atomic E-state index is 12.9. The largest absolute Gasteiger partial charge is 0.475 e. The first kappa shape index (κ1) is 21.8. The molecule has 1 aliphatic carbocycles.